The molecular formula is C21H19NO6. The van der Waals surface area contributed by atoms with Crippen LogP contribution in [-0.2, 0) is 25.7 Å². The van der Waals surface area contributed by atoms with Crippen LogP contribution in [0.5, 0.6) is 5.75 Å². The molecule has 1 heterocycles. The molecule has 0 bridgehead atoms. The Morgan fingerprint density at radius 1 is 1.14 bits per heavy atom. The second-order valence-electron chi connectivity index (χ2n) is 6.07. The maximum atomic E-state index is 12.5. The van der Waals surface area contributed by atoms with E-state index in [1.54, 1.807) is 30.3 Å². The minimum Gasteiger partial charge on any atom is -0.496 e. The average molecular weight is 381 g/mol. The summed E-state index contributed by atoms with van der Waals surface area (Å²) < 4.78 is 15.8. The van der Waals surface area contributed by atoms with Crippen molar-refractivity contribution < 1.29 is 28.6 Å². The maximum Gasteiger partial charge on any atom is 0.347 e. The van der Waals surface area contributed by atoms with Crippen LogP contribution in [0.4, 0.5) is 5.69 Å². The molecule has 7 heteroatoms. The van der Waals surface area contributed by atoms with Gasteiger partial charge in [-0.1, -0.05) is 18.2 Å². The number of ether oxygens (including phenoxy) is 3. The van der Waals surface area contributed by atoms with Gasteiger partial charge in [0.1, 0.15) is 12.4 Å². The molecule has 1 N–H and O–H groups in total. The first kappa shape index (κ1) is 19.2. The molecule has 1 aliphatic heterocycles. The lowest BCUT2D eigenvalue weighted by atomic mass is 10.1. The minimum absolute atomic E-state index is 0.0608. The highest BCUT2D eigenvalue weighted by Gasteiger charge is 2.32. The molecule has 0 saturated carbocycles. The van der Waals surface area contributed by atoms with Crippen LogP contribution >= 0.6 is 0 Å². The second kappa shape index (κ2) is 8.39. The molecule has 0 amide bonds. The number of benzene rings is 2. The predicted octanol–water partition coefficient (Wildman–Crippen LogP) is 2.86. The maximum absolute atomic E-state index is 12.5. The monoisotopic (exact) mass is 381 g/mol. The van der Waals surface area contributed by atoms with Gasteiger partial charge in [-0.2, -0.15) is 0 Å². The number of anilines is 1. The summed E-state index contributed by atoms with van der Waals surface area (Å²) >= 11 is 0. The summed E-state index contributed by atoms with van der Waals surface area (Å²) in [5.74, 6) is -0.857. The van der Waals surface area contributed by atoms with Gasteiger partial charge in [-0.3, -0.25) is 9.59 Å². The first-order chi connectivity index (χ1) is 13.5. The van der Waals surface area contributed by atoms with Gasteiger partial charge in [0, 0.05) is 16.8 Å². The van der Waals surface area contributed by atoms with Crippen LogP contribution in [0.15, 0.2) is 60.0 Å². The number of carbonyl (C=O) groups is 3. The highest BCUT2D eigenvalue weighted by molar-refractivity contribution is 6.19. The van der Waals surface area contributed by atoms with Crippen LogP contribution < -0.4 is 10.1 Å². The number of methoxy groups -OCH3 is 1. The van der Waals surface area contributed by atoms with Crippen molar-refractivity contribution in [2.75, 3.05) is 19.0 Å². The molecule has 0 atom stereocenters. The van der Waals surface area contributed by atoms with Crippen molar-refractivity contribution >= 4 is 23.2 Å². The first-order valence-electron chi connectivity index (χ1n) is 8.57. The number of para-hydroxylation sites is 1. The quantitative estimate of drug-likeness (QED) is 0.448. The SMILES string of the molecule is COc1ccc(C(C)=O)cc1COC(=O)C1=C(Nc2ccccc2)OCC1=O. The van der Waals surface area contributed by atoms with E-state index in [2.05, 4.69) is 5.32 Å². The van der Waals surface area contributed by atoms with Gasteiger partial charge in [-0.15, -0.1) is 0 Å². The third kappa shape index (κ3) is 4.20. The lowest BCUT2D eigenvalue weighted by Gasteiger charge is -2.11. The highest BCUT2D eigenvalue weighted by atomic mass is 16.5. The summed E-state index contributed by atoms with van der Waals surface area (Å²) in [4.78, 5) is 36.2. The molecule has 0 radical (unpaired) electrons. The Labute approximate surface area is 161 Å². The standard InChI is InChI=1S/C21H19NO6/c1-13(23)14-8-9-18(26-2)15(10-14)11-28-21(25)19-17(24)12-27-20(19)22-16-6-4-3-5-7-16/h3-10,22H,11-12H2,1-2H3. The summed E-state index contributed by atoms with van der Waals surface area (Å²) in [7, 11) is 1.48. The second-order valence-corrected chi connectivity index (χ2v) is 6.07. The molecule has 0 unspecified atom stereocenters. The third-order valence-electron chi connectivity index (χ3n) is 4.13. The molecule has 7 nitrogen and oxygen atoms in total. The Kier molecular flexibility index (Phi) is 5.74. The van der Waals surface area contributed by atoms with E-state index in [1.807, 2.05) is 18.2 Å². The number of esters is 1. The summed E-state index contributed by atoms with van der Waals surface area (Å²) in [6.07, 6.45) is 0. The van der Waals surface area contributed by atoms with Crippen LogP contribution in [-0.4, -0.2) is 31.3 Å². The fourth-order valence-corrected chi connectivity index (χ4v) is 2.69. The van der Waals surface area contributed by atoms with Crippen LogP contribution in [0.1, 0.15) is 22.8 Å². The zero-order valence-corrected chi connectivity index (χ0v) is 15.5. The fourth-order valence-electron chi connectivity index (χ4n) is 2.69. The number of hydrogen-bond acceptors (Lipinski definition) is 7. The molecule has 1 aliphatic rings. The van der Waals surface area contributed by atoms with Gasteiger partial charge < -0.3 is 19.5 Å². The van der Waals surface area contributed by atoms with Gasteiger partial charge in [-0.05, 0) is 37.3 Å². The molecule has 2 aromatic carbocycles. The zero-order valence-electron chi connectivity index (χ0n) is 15.5. The normalized spacial score (nSPS) is 13.1. The molecule has 28 heavy (non-hydrogen) atoms. The summed E-state index contributed by atoms with van der Waals surface area (Å²) in [5, 5.41) is 2.91. The van der Waals surface area contributed by atoms with E-state index in [-0.39, 0.29) is 30.5 Å². The number of nitrogens with one attached hydrogen (secondary N) is 1. The highest BCUT2D eigenvalue weighted by Crippen LogP contribution is 2.24. The number of ketones is 2. The lowest BCUT2D eigenvalue weighted by molar-refractivity contribution is -0.141. The van der Waals surface area contributed by atoms with E-state index >= 15 is 0 Å². The van der Waals surface area contributed by atoms with Crippen molar-refractivity contribution in [1.82, 2.24) is 0 Å². The van der Waals surface area contributed by atoms with E-state index < -0.39 is 11.8 Å². The summed E-state index contributed by atoms with van der Waals surface area (Å²) in [6, 6.07) is 13.9. The van der Waals surface area contributed by atoms with Gasteiger partial charge in [0.2, 0.25) is 11.7 Å². The van der Waals surface area contributed by atoms with Crippen molar-refractivity contribution in [2.45, 2.75) is 13.5 Å². The first-order valence-corrected chi connectivity index (χ1v) is 8.57. The van der Waals surface area contributed by atoms with Crippen molar-refractivity contribution in [3.63, 3.8) is 0 Å². The van der Waals surface area contributed by atoms with E-state index in [4.69, 9.17) is 14.2 Å². The van der Waals surface area contributed by atoms with Crippen molar-refractivity contribution in [1.29, 1.82) is 0 Å². The number of Topliss-reactive ketones (excluding diaryl/α,β-unsaturated/α-hetero) is 2. The molecule has 0 aromatic heterocycles. The van der Waals surface area contributed by atoms with Crippen LogP contribution in [0.2, 0.25) is 0 Å². The molecule has 0 fully saturated rings. The Hall–Kier alpha value is -3.61. The van der Waals surface area contributed by atoms with E-state index in [9.17, 15) is 14.4 Å². The van der Waals surface area contributed by atoms with Gasteiger partial charge in [-0.25, -0.2) is 4.79 Å². The Morgan fingerprint density at radius 3 is 2.57 bits per heavy atom. The summed E-state index contributed by atoms with van der Waals surface area (Å²) in [6.45, 7) is 1.06. The Bertz CT molecular complexity index is 949. The van der Waals surface area contributed by atoms with E-state index in [0.717, 1.165) is 0 Å². The smallest absolute Gasteiger partial charge is 0.347 e. The zero-order chi connectivity index (χ0) is 20.1. The minimum atomic E-state index is -0.809. The van der Waals surface area contributed by atoms with Crippen LogP contribution in [0.25, 0.3) is 0 Å². The molecule has 0 spiro atoms. The van der Waals surface area contributed by atoms with Gasteiger partial charge in [0.05, 0.1) is 7.11 Å². The largest absolute Gasteiger partial charge is 0.496 e. The number of carbonyl (C=O) groups excluding carboxylic acids is 3. The molecule has 3 rings (SSSR count). The Balaban J connectivity index is 1.78. The molecule has 144 valence electrons. The topological polar surface area (TPSA) is 90.9 Å². The fraction of sp³-hybridized carbons (Fsp3) is 0.190. The van der Waals surface area contributed by atoms with Gasteiger partial charge in [0.25, 0.3) is 0 Å². The lowest BCUT2D eigenvalue weighted by Crippen LogP contribution is -2.16. The number of rotatable bonds is 7. The van der Waals surface area contributed by atoms with Crippen molar-refractivity contribution in [2.24, 2.45) is 0 Å². The summed E-state index contributed by atoms with van der Waals surface area (Å²) in [5.41, 5.74) is 1.49. The van der Waals surface area contributed by atoms with Crippen molar-refractivity contribution in [3.8, 4) is 5.75 Å². The molecule has 0 aliphatic carbocycles. The van der Waals surface area contributed by atoms with Gasteiger partial charge in [0.15, 0.2) is 18.0 Å². The van der Waals surface area contributed by atoms with Crippen LogP contribution in [0, 0.1) is 0 Å². The molecule has 0 saturated heterocycles. The predicted molar refractivity (Wildman–Crippen MR) is 101 cm³/mol. The van der Waals surface area contributed by atoms with Crippen molar-refractivity contribution in [3.05, 3.63) is 71.1 Å². The van der Waals surface area contributed by atoms with Crippen LogP contribution in [0.3, 0.4) is 0 Å². The average Bonchev–Trinajstić information content (AvgIpc) is 3.06. The van der Waals surface area contributed by atoms with E-state index in [0.29, 0.717) is 22.6 Å². The Morgan fingerprint density at radius 2 is 1.89 bits per heavy atom. The number of hydrogen-bond donors (Lipinski definition) is 1. The molecular weight excluding hydrogens is 362 g/mol. The van der Waals surface area contributed by atoms with E-state index in [1.165, 1.54) is 14.0 Å². The van der Waals surface area contributed by atoms with Gasteiger partial charge >= 0.3 is 5.97 Å². The molecule has 2 aromatic rings. The third-order valence-corrected chi connectivity index (χ3v) is 4.13.